The van der Waals surface area contributed by atoms with Crippen molar-refractivity contribution in [3.8, 4) is 0 Å². The molecule has 6 nitrogen and oxygen atoms in total. The van der Waals surface area contributed by atoms with Gasteiger partial charge in [-0.25, -0.2) is 4.79 Å². The van der Waals surface area contributed by atoms with E-state index in [0.29, 0.717) is 36.8 Å². The Balaban J connectivity index is 1.76. The number of hydrogen-bond donors (Lipinski definition) is 2. The molecule has 0 aromatic heterocycles. The van der Waals surface area contributed by atoms with Crippen LogP contribution in [0.1, 0.15) is 72.6 Å². The quantitative estimate of drug-likeness (QED) is 0.563. The second-order valence-corrected chi connectivity index (χ2v) is 9.06. The first kappa shape index (κ1) is 22.4. The standard InChI is InChI=1S/C21H40N2O4/c1-6-26-18-14-17(21(18)11-7-8-12-21)23-16(15-25-5)10-9-13-22-19(24)27-20(2,3)4/h16-18,23H,6-15H2,1-5H3,(H,22,24). The van der Waals surface area contributed by atoms with Crippen molar-refractivity contribution in [3.05, 3.63) is 0 Å². The fourth-order valence-electron chi connectivity index (χ4n) is 4.67. The first-order valence-electron chi connectivity index (χ1n) is 10.6. The lowest BCUT2D eigenvalue weighted by atomic mass is 9.60. The van der Waals surface area contributed by atoms with Crippen molar-refractivity contribution in [2.75, 3.05) is 26.9 Å². The van der Waals surface area contributed by atoms with E-state index in [-0.39, 0.29) is 6.09 Å². The second kappa shape index (κ2) is 10.1. The molecule has 2 N–H and O–H groups in total. The van der Waals surface area contributed by atoms with Gasteiger partial charge >= 0.3 is 6.09 Å². The molecule has 1 spiro atoms. The normalized spacial score (nSPS) is 25.2. The third kappa shape index (κ3) is 6.33. The van der Waals surface area contributed by atoms with Crippen LogP contribution in [0.4, 0.5) is 4.79 Å². The average molecular weight is 385 g/mol. The van der Waals surface area contributed by atoms with Crippen LogP contribution < -0.4 is 10.6 Å². The zero-order valence-corrected chi connectivity index (χ0v) is 17.9. The topological polar surface area (TPSA) is 68.8 Å². The number of methoxy groups -OCH3 is 1. The molecule has 0 heterocycles. The van der Waals surface area contributed by atoms with Crippen molar-refractivity contribution < 1.29 is 19.0 Å². The van der Waals surface area contributed by atoms with Gasteiger partial charge in [-0.05, 0) is 59.8 Å². The van der Waals surface area contributed by atoms with Gasteiger partial charge < -0.3 is 24.8 Å². The Morgan fingerprint density at radius 3 is 2.56 bits per heavy atom. The van der Waals surface area contributed by atoms with E-state index in [1.165, 1.54) is 25.7 Å². The molecule has 2 saturated carbocycles. The molecule has 6 heteroatoms. The molecule has 27 heavy (non-hydrogen) atoms. The van der Waals surface area contributed by atoms with Crippen LogP contribution in [0.2, 0.25) is 0 Å². The molecule has 0 radical (unpaired) electrons. The number of ether oxygens (including phenoxy) is 3. The molecule has 158 valence electrons. The van der Waals surface area contributed by atoms with Crippen molar-refractivity contribution in [2.24, 2.45) is 5.41 Å². The van der Waals surface area contributed by atoms with Crippen molar-refractivity contribution in [3.63, 3.8) is 0 Å². The van der Waals surface area contributed by atoms with Gasteiger partial charge in [0.2, 0.25) is 0 Å². The van der Waals surface area contributed by atoms with E-state index in [4.69, 9.17) is 14.2 Å². The third-order valence-corrected chi connectivity index (χ3v) is 5.89. The molecule has 2 rings (SSSR count). The summed E-state index contributed by atoms with van der Waals surface area (Å²) in [5, 5.41) is 6.69. The summed E-state index contributed by atoms with van der Waals surface area (Å²) in [6, 6.07) is 0.830. The molecule has 2 aliphatic rings. The Morgan fingerprint density at radius 1 is 1.26 bits per heavy atom. The molecular formula is C21H40N2O4. The van der Waals surface area contributed by atoms with Gasteiger partial charge in [-0.2, -0.15) is 0 Å². The summed E-state index contributed by atoms with van der Waals surface area (Å²) in [5.74, 6) is 0. The zero-order valence-electron chi connectivity index (χ0n) is 17.9. The first-order chi connectivity index (χ1) is 12.8. The summed E-state index contributed by atoms with van der Waals surface area (Å²) < 4.78 is 16.7. The number of carbonyl (C=O) groups excluding carboxylic acids is 1. The first-order valence-corrected chi connectivity index (χ1v) is 10.6. The fourth-order valence-corrected chi connectivity index (χ4v) is 4.67. The number of hydrogen-bond acceptors (Lipinski definition) is 5. The minimum atomic E-state index is -0.457. The highest BCUT2D eigenvalue weighted by atomic mass is 16.6. The number of amides is 1. The summed E-state index contributed by atoms with van der Waals surface area (Å²) in [7, 11) is 1.75. The average Bonchev–Trinajstić information content (AvgIpc) is 3.09. The van der Waals surface area contributed by atoms with E-state index in [1.807, 2.05) is 20.8 Å². The summed E-state index contributed by atoms with van der Waals surface area (Å²) in [6.45, 7) is 9.83. The Bertz CT molecular complexity index is 458. The molecule has 0 bridgehead atoms. The third-order valence-electron chi connectivity index (χ3n) is 5.89. The molecule has 3 unspecified atom stereocenters. The molecule has 0 saturated heterocycles. The van der Waals surface area contributed by atoms with Gasteiger partial charge in [-0.1, -0.05) is 12.8 Å². The summed E-state index contributed by atoms with van der Waals surface area (Å²) in [4.78, 5) is 11.7. The van der Waals surface area contributed by atoms with Crippen LogP contribution in [0, 0.1) is 5.41 Å². The molecular weight excluding hydrogens is 344 g/mol. The van der Waals surface area contributed by atoms with Crippen LogP contribution in [-0.4, -0.2) is 56.8 Å². The zero-order chi connectivity index (χ0) is 19.9. The molecule has 1 amide bonds. The van der Waals surface area contributed by atoms with Gasteiger partial charge in [0, 0.05) is 37.8 Å². The lowest BCUT2D eigenvalue weighted by Crippen LogP contribution is -2.64. The van der Waals surface area contributed by atoms with Gasteiger partial charge in [-0.3, -0.25) is 0 Å². The van der Waals surface area contributed by atoms with E-state index >= 15 is 0 Å². The van der Waals surface area contributed by atoms with Gasteiger partial charge in [0.15, 0.2) is 0 Å². The fraction of sp³-hybridized carbons (Fsp3) is 0.952. The molecule has 3 atom stereocenters. The molecule has 0 aromatic carbocycles. The smallest absolute Gasteiger partial charge is 0.407 e. The molecule has 2 fully saturated rings. The van der Waals surface area contributed by atoms with Crippen molar-refractivity contribution in [2.45, 2.75) is 96.4 Å². The predicted octanol–water partition coefficient (Wildman–Crippen LogP) is 3.63. The van der Waals surface area contributed by atoms with Gasteiger partial charge in [0.05, 0.1) is 12.7 Å². The molecule has 0 aromatic rings. The number of rotatable bonds is 10. The maximum Gasteiger partial charge on any atom is 0.407 e. The summed E-state index contributed by atoms with van der Waals surface area (Å²) >= 11 is 0. The minimum Gasteiger partial charge on any atom is -0.444 e. The maximum absolute atomic E-state index is 11.7. The van der Waals surface area contributed by atoms with Crippen LogP contribution in [-0.2, 0) is 14.2 Å². The highest BCUT2D eigenvalue weighted by Gasteiger charge is 2.56. The highest BCUT2D eigenvalue weighted by Crippen LogP contribution is 2.54. The molecule has 2 aliphatic carbocycles. The largest absolute Gasteiger partial charge is 0.444 e. The lowest BCUT2D eigenvalue weighted by Gasteiger charge is -2.55. The van der Waals surface area contributed by atoms with Gasteiger partial charge in [-0.15, -0.1) is 0 Å². The van der Waals surface area contributed by atoms with Crippen molar-refractivity contribution in [1.29, 1.82) is 0 Å². The van der Waals surface area contributed by atoms with Crippen LogP contribution in [0.5, 0.6) is 0 Å². The monoisotopic (exact) mass is 384 g/mol. The Hall–Kier alpha value is -0.850. The number of carbonyl (C=O) groups is 1. The van der Waals surface area contributed by atoms with E-state index in [1.54, 1.807) is 7.11 Å². The number of alkyl carbamates (subject to hydrolysis) is 1. The number of nitrogens with one attached hydrogen (secondary N) is 2. The van der Waals surface area contributed by atoms with Gasteiger partial charge in [0.25, 0.3) is 0 Å². The van der Waals surface area contributed by atoms with E-state index in [9.17, 15) is 4.79 Å². The van der Waals surface area contributed by atoms with E-state index < -0.39 is 5.60 Å². The van der Waals surface area contributed by atoms with Crippen LogP contribution >= 0.6 is 0 Å². The SMILES string of the molecule is CCOC1CC(NC(CCCNC(=O)OC(C)(C)C)COC)C12CCCC2. The van der Waals surface area contributed by atoms with Crippen molar-refractivity contribution >= 4 is 6.09 Å². The van der Waals surface area contributed by atoms with E-state index in [0.717, 1.165) is 25.9 Å². The van der Waals surface area contributed by atoms with Crippen molar-refractivity contribution in [1.82, 2.24) is 10.6 Å². The van der Waals surface area contributed by atoms with Crippen LogP contribution in [0.15, 0.2) is 0 Å². The van der Waals surface area contributed by atoms with Gasteiger partial charge in [0.1, 0.15) is 5.60 Å². The van der Waals surface area contributed by atoms with E-state index in [2.05, 4.69) is 17.6 Å². The summed E-state index contributed by atoms with van der Waals surface area (Å²) in [6.07, 6.45) is 8.22. The predicted molar refractivity (Wildman–Crippen MR) is 107 cm³/mol. The second-order valence-electron chi connectivity index (χ2n) is 9.06. The Labute approximate surface area is 165 Å². The highest BCUT2D eigenvalue weighted by molar-refractivity contribution is 5.67. The van der Waals surface area contributed by atoms with Crippen LogP contribution in [0.3, 0.4) is 0 Å². The maximum atomic E-state index is 11.7. The summed E-state index contributed by atoms with van der Waals surface area (Å²) in [5.41, 5.74) is -0.127. The minimum absolute atomic E-state index is 0.306. The molecule has 0 aliphatic heterocycles. The lowest BCUT2D eigenvalue weighted by molar-refractivity contribution is -0.134. The Morgan fingerprint density at radius 2 is 1.96 bits per heavy atom. The Kier molecular flexibility index (Phi) is 8.38. The van der Waals surface area contributed by atoms with Crippen LogP contribution in [0.25, 0.3) is 0 Å².